The maximum atomic E-state index is 12.1. The summed E-state index contributed by atoms with van der Waals surface area (Å²) in [4.78, 5) is 22.7. The Morgan fingerprint density at radius 1 is 1.33 bits per heavy atom. The third kappa shape index (κ3) is 6.49. The molecule has 0 fully saturated rings. The van der Waals surface area contributed by atoms with Gasteiger partial charge in [-0.1, -0.05) is 12.1 Å². The monoisotopic (exact) mass is 307 g/mol. The summed E-state index contributed by atoms with van der Waals surface area (Å²) in [5.41, 5.74) is 2.17. The van der Waals surface area contributed by atoms with Gasteiger partial charge in [-0.25, -0.2) is 4.79 Å². The van der Waals surface area contributed by atoms with Crippen LogP contribution in [0.5, 0.6) is 0 Å². The number of hydrogen-bond donors (Lipinski definition) is 2. The minimum absolute atomic E-state index is 0.109. The fourth-order valence-electron chi connectivity index (χ4n) is 1.82. The number of unbranched alkanes of at least 4 members (excludes halogenated alkanes) is 1. The van der Waals surface area contributed by atoms with Gasteiger partial charge >= 0.3 is 5.97 Å². The molecule has 21 heavy (non-hydrogen) atoms. The third-order valence-electron chi connectivity index (χ3n) is 2.99. The average molecular weight is 307 g/mol. The highest BCUT2D eigenvalue weighted by Crippen LogP contribution is 2.13. The van der Waals surface area contributed by atoms with Crippen molar-refractivity contribution in [2.75, 3.05) is 18.6 Å². The van der Waals surface area contributed by atoms with Gasteiger partial charge in [-0.2, -0.15) is 11.8 Å². The molecule has 0 saturated carbocycles. The highest BCUT2D eigenvalue weighted by molar-refractivity contribution is 7.98. The fraction of sp³-hybridized carbons (Fsp3) is 0.375. The van der Waals surface area contributed by atoms with Crippen molar-refractivity contribution in [1.29, 1.82) is 0 Å². The van der Waals surface area contributed by atoms with Crippen molar-refractivity contribution in [2.45, 2.75) is 19.8 Å². The zero-order valence-corrected chi connectivity index (χ0v) is 13.2. The summed E-state index contributed by atoms with van der Waals surface area (Å²) in [6, 6.07) is 5.33. The summed E-state index contributed by atoms with van der Waals surface area (Å²) in [5.74, 6) is -0.0118. The van der Waals surface area contributed by atoms with E-state index in [1.54, 1.807) is 23.9 Å². The number of benzene rings is 1. The highest BCUT2D eigenvalue weighted by Gasteiger charge is 2.08. The van der Waals surface area contributed by atoms with Gasteiger partial charge in [0, 0.05) is 18.2 Å². The summed E-state index contributed by atoms with van der Waals surface area (Å²) < 4.78 is 0. The van der Waals surface area contributed by atoms with Crippen molar-refractivity contribution < 1.29 is 14.7 Å². The molecule has 1 rings (SSSR count). The van der Waals surface area contributed by atoms with Crippen molar-refractivity contribution in [3.05, 3.63) is 41.0 Å². The van der Waals surface area contributed by atoms with Gasteiger partial charge in [0.25, 0.3) is 5.91 Å². The first-order chi connectivity index (χ1) is 10.0. The first kappa shape index (κ1) is 17.3. The number of carboxylic acid groups (broad SMARTS) is 1. The second-order valence-electron chi connectivity index (χ2n) is 4.70. The first-order valence-electron chi connectivity index (χ1n) is 6.83. The first-order valence-corrected chi connectivity index (χ1v) is 8.22. The van der Waals surface area contributed by atoms with E-state index in [2.05, 4.69) is 11.6 Å². The third-order valence-corrected chi connectivity index (χ3v) is 3.68. The highest BCUT2D eigenvalue weighted by atomic mass is 32.2. The van der Waals surface area contributed by atoms with Crippen LogP contribution in [0.2, 0.25) is 0 Å². The molecule has 0 unspecified atom stereocenters. The molecule has 0 heterocycles. The molecule has 114 valence electrons. The molecule has 5 heteroatoms. The van der Waals surface area contributed by atoms with Crippen LogP contribution in [0, 0.1) is 6.92 Å². The van der Waals surface area contributed by atoms with E-state index in [4.69, 9.17) is 5.11 Å². The van der Waals surface area contributed by atoms with Crippen molar-refractivity contribution in [3.8, 4) is 0 Å². The van der Waals surface area contributed by atoms with Crippen LogP contribution >= 0.6 is 11.8 Å². The van der Waals surface area contributed by atoms with Crippen molar-refractivity contribution in [2.24, 2.45) is 0 Å². The van der Waals surface area contributed by atoms with Gasteiger partial charge in [0.1, 0.15) is 0 Å². The lowest BCUT2D eigenvalue weighted by molar-refractivity contribution is -0.131. The molecule has 0 radical (unpaired) electrons. The number of hydrogen-bond acceptors (Lipinski definition) is 3. The Morgan fingerprint density at radius 2 is 2.10 bits per heavy atom. The van der Waals surface area contributed by atoms with E-state index < -0.39 is 5.97 Å². The van der Waals surface area contributed by atoms with E-state index in [1.807, 2.05) is 13.0 Å². The molecule has 2 N–H and O–H groups in total. The summed E-state index contributed by atoms with van der Waals surface area (Å²) in [6.07, 6.45) is 6.66. The molecule has 0 spiro atoms. The Balaban J connectivity index is 2.65. The Labute approximate surface area is 129 Å². The Morgan fingerprint density at radius 3 is 2.76 bits per heavy atom. The number of aryl methyl sites for hydroxylation is 1. The van der Waals surface area contributed by atoms with Crippen molar-refractivity contribution in [3.63, 3.8) is 0 Å². The summed E-state index contributed by atoms with van der Waals surface area (Å²) in [7, 11) is 0. The summed E-state index contributed by atoms with van der Waals surface area (Å²) in [5, 5.41) is 11.5. The molecule has 0 aromatic heterocycles. The number of rotatable bonds is 8. The number of nitrogens with one attached hydrogen (secondary N) is 1. The van der Waals surface area contributed by atoms with E-state index in [1.165, 1.54) is 6.08 Å². The SMILES string of the molecule is CSCCCCNC(=O)c1cc(/C=C/C(=O)O)ccc1C. The predicted octanol–water partition coefficient (Wildman–Crippen LogP) is 2.97. The molecule has 0 aliphatic rings. The van der Waals surface area contributed by atoms with Gasteiger partial charge < -0.3 is 10.4 Å². The zero-order valence-electron chi connectivity index (χ0n) is 12.4. The average Bonchev–Trinajstić information content (AvgIpc) is 2.45. The molecule has 1 amide bonds. The Hall–Kier alpha value is -1.75. The van der Waals surface area contributed by atoms with Crippen LogP contribution in [0.4, 0.5) is 0 Å². The van der Waals surface area contributed by atoms with Crippen molar-refractivity contribution in [1.82, 2.24) is 5.32 Å². The number of aliphatic carboxylic acids is 1. The number of carbonyl (C=O) groups excluding carboxylic acids is 1. The van der Waals surface area contributed by atoms with Gasteiger partial charge in [-0.05, 0) is 55.0 Å². The van der Waals surface area contributed by atoms with E-state index in [9.17, 15) is 9.59 Å². The van der Waals surface area contributed by atoms with Crippen LogP contribution in [0.3, 0.4) is 0 Å². The molecule has 0 aliphatic heterocycles. The molecule has 1 aromatic carbocycles. The molecular weight excluding hydrogens is 286 g/mol. The smallest absolute Gasteiger partial charge is 0.328 e. The van der Waals surface area contributed by atoms with Gasteiger partial charge in [-0.15, -0.1) is 0 Å². The van der Waals surface area contributed by atoms with Gasteiger partial charge in [0.05, 0.1) is 0 Å². The second kappa shape index (κ2) is 9.23. The normalized spacial score (nSPS) is 10.8. The maximum Gasteiger partial charge on any atom is 0.328 e. The lowest BCUT2D eigenvalue weighted by Gasteiger charge is -2.08. The quantitative estimate of drug-likeness (QED) is 0.572. The Kier molecular flexibility index (Phi) is 7.61. The van der Waals surface area contributed by atoms with E-state index >= 15 is 0 Å². The summed E-state index contributed by atoms with van der Waals surface area (Å²) in [6.45, 7) is 2.53. The van der Waals surface area contributed by atoms with Crippen LogP contribution in [-0.2, 0) is 4.79 Å². The molecule has 0 saturated heterocycles. The molecule has 4 nitrogen and oxygen atoms in total. The van der Waals surface area contributed by atoms with E-state index in [0.29, 0.717) is 17.7 Å². The topological polar surface area (TPSA) is 66.4 Å². The van der Waals surface area contributed by atoms with Crippen LogP contribution < -0.4 is 5.32 Å². The lowest BCUT2D eigenvalue weighted by Crippen LogP contribution is -2.25. The van der Waals surface area contributed by atoms with Crippen LogP contribution in [-0.4, -0.2) is 35.5 Å². The molecular formula is C16H21NO3S. The van der Waals surface area contributed by atoms with Gasteiger partial charge in [-0.3, -0.25) is 4.79 Å². The zero-order chi connectivity index (χ0) is 15.7. The van der Waals surface area contributed by atoms with Gasteiger partial charge in [0.2, 0.25) is 0 Å². The molecule has 0 atom stereocenters. The minimum atomic E-state index is -1.00. The second-order valence-corrected chi connectivity index (χ2v) is 5.69. The molecule has 0 bridgehead atoms. The summed E-state index contributed by atoms with van der Waals surface area (Å²) >= 11 is 1.80. The largest absolute Gasteiger partial charge is 0.478 e. The van der Waals surface area contributed by atoms with Crippen molar-refractivity contribution >= 4 is 29.7 Å². The predicted molar refractivity (Wildman–Crippen MR) is 87.8 cm³/mol. The number of amides is 1. The van der Waals surface area contributed by atoms with Crippen LogP contribution in [0.15, 0.2) is 24.3 Å². The van der Waals surface area contributed by atoms with Crippen LogP contribution in [0.25, 0.3) is 6.08 Å². The maximum absolute atomic E-state index is 12.1. The van der Waals surface area contributed by atoms with Gasteiger partial charge in [0.15, 0.2) is 0 Å². The van der Waals surface area contributed by atoms with E-state index in [0.717, 1.165) is 30.2 Å². The number of carboxylic acids is 1. The number of carbonyl (C=O) groups is 2. The minimum Gasteiger partial charge on any atom is -0.478 e. The Bertz CT molecular complexity index is 526. The standard InChI is InChI=1S/C16H21NO3S/c1-12-5-6-13(7-8-15(18)19)11-14(12)16(20)17-9-3-4-10-21-2/h5-8,11H,3-4,9-10H2,1-2H3,(H,17,20)(H,18,19)/b8-7+. The lowest BCUT2D eigenvalue weighted by atomic mass is 10.0. The fourth-order valence-corrected chi connectivity index (χ4v) is 2.32. The molecule has 1 aromatic rings. The van der Waals surface area contributed by atoms with E-state index in [-0.39, 0.29) is 5.91 Å². The molecule has 0 aliphatic carbocycles. The van der Waals surface area contributed by atoms with Crippen LogP contribution in [0.1, 0.15) is 34.3 Å². The number of thioether (sulfide) groups is 1.